The van der Waals surface area contributed by atoms with Gasteiger partial charge in [-0.3, -0.25) is 0 Å². The van der Waals surface area contributed by atoms with E-state index in [0.717, 1.165) is 18.2 Å². The average molecular weight is 396 g/mol. The zero-order chi connectivity index (χ0) is 13.5. The average Bonchev–Trinajstić information content (AvgIpc) is 2.72. The second-order valence-corrected chi connectivity index (χ2v) is 5.67. The first-order valence-corrected chi connectivity index (χ1v) is 7.36. The van der Waals surface area contributed by atoms with Gasteiger partial charge >= 0.3 is 0 Å². The Hall–Kier alpha value is -0.370. The first kappa shape index (κ1) is 18.6. The molecule has 1 aromatic heterocycles. The minimum atomic E-state index is 0. The van der Waals surface area contributed by atoms with Gasteiger partial charge in [0.1, 0.15) is 0 Å². The monoisotopic (exact) mass is 396 g/mol. The molecule has 110 valence electrons. The molecule has 0 aromatic carbocycles. The zero-order valence-corrected chi connectivity index (χ0v) is 15.5. The molecule has 1 heterocycles. The van der Waals surface area contributed by atoms with Crippen LogP contribution in [-0.4, -0.2) is 23.5 Å². The molecule has 2 N–H and O–H groups in total. The van der Waals surface area contributed by atoms with Gasteiger partial charge in [0.25, 0.3) is 0 Å². The summed E-state index contributed by atoms with van der Waals surface area (Å²) in [4.78, 5) is 10.1. The summed E-state index contributed by atoms with van der Waals surface area (Å²) in [6.45, 7) is 12.3. The second-order valence-electron chi connectivity index (χ2n) is 4.73. The van der Waals surface area contributed by atoms with E-state index in [1.54, 1.807) is 11.3 Å². The molecule has 6 heteroatoms. The number of aromatic nitrogens is 1. The number of aryl methyl sites for hydroxylation is 1. The van der Waals surface area contributed by atoms with Gasteiger partial charge in [-0.25, -0.2) is 9.98 Å². The lowest BCUT2D eigenvalue weighted by Gasteiger charge is -2.20. The van der Waals surface area contributed by atoms with Crippen molar-refractivity contribution in [1.82, 2.24) is 15.6 Å². The van der Waals surface area contributed by atoms with Crippen LogP contribution in [0.4, 0.5) is 0 Å². The van der Waals surface area contributed by atoms with Gasteiger partial charge in [-0.15, -0.1) is 35.3 Å². The van der Waals surface area contributed by atoms with Crippen molar-refractivity contribution in [3.63, 3.8) is 0 Å². The van der Waals surface area contributed by atoms with E-state index in [1.807, 2.05) is 12.4 Å². The highest BCUT2D eigenvalue weighted by Crippen LogP contribution is 2.12. The van der Waals surface area contributed by atoms with E-state index in [9.17, 15) is 0 Å². The molecule has 4 nitrogen and oxygen atoms in total. The number of guanidine groups is 1. The van der Waals surface area contributed by atoms with E-state index in [4.69, 9.17) is 0 Å². The molecule has 1 unspecified atom stereocenters. The van der Waals surface area contributed by atoms with Gasteiger partial charge in [0.15, 0.2) is 5.96 Å². The van der Waals surface area contributed by atoms with Crippen molar-refractivity contribution in [1.29, 1.82) is 0 Å². The highest BCUT2D eigenvalue weighted by molar-refractivity contribution is 14.0. The Balaban J connectivity index is 0.00000324. The van der Waals surface area contributed by atoms with E-state index in [1.165, 1.54) is 4.88 Å². The van der Waals surface area contributed by atoms with Crippen LogP contribution in [-0.2, 0) is 6.54 Å². The third-order valence-electron chi connectivity index (χ3n) is 2.93. The maximum atomic E-state index is 4.60. The fraction of sp³-hybridized carbons (Fsp3) is 0.692. The third kappa shape index (κ3) is 6.56. The summed E-state index contributed by atoms with van der Waals surface area (Å²) in [6, 6.07) is 0.408. The maximum absolute atomic E-state index is 4.60. The largest absolute Gasteiger partial charge is 0.357 e. The molecule has 0 fully saturated rings. The Kier molecular flexibility index (Phi) is 9.34. The van der Waals surface area contributed by atoms with Crippen LogP contribution < -0.4 is 10.6 Å². The lowest BCUT2D eigenvalue weighted by atomic mass is 10.1. The summed E-state index contributed by atoms with van der Waals surface area (Å²) in [6.07, 6.45) is 0. The molecule has 0 aliphatic rings. The van der Waals surface area contributed by atoms with Crippen molar-refractivity contribution < 1.29 is 0 Å². The van der Waals surface area contributed by atoms with Crippen LogP contribution in [0.3, 0.4) is 0 Å². The lowest BCUT2D eigenvalue weighted by molar-refractivity contribution is 0.481. The predicted octanol–water partition coefficient (Wildman–Crippen LogP) is 3.17. The molecule has 0 bridgehead atoms. The van der Waals surface area contributed by atoms with Crippen LogP contribution in [0, 0.1) is 12.8 Å². The molecule has 0 amide bonds. The lowest BCUT2D eigenvalue weighted by Crippen LogP contribution is -2.44. The predicted molar refractivity (Wildman–Crippen MR) is 94.5 cm³/mol. The Bertz CT molecular complexity index is 390. The fourth-order valence-electron chi connectivity index (χ4n) is 1.33. The number of nitrogens with one attached hydrogen (secondary N) is 2. The molecule has 0 aliphatic heterocycles. The maximum Gasteiger partial charge on any atom is 0.191 e. The SMILES string of the molecule is CCNC(=NCc1scnc1C)NC(C)C(C)C.I. The molecule has 19 heavy (non-hydrogen) atoms. The fourth-order valence-corrected chi connectivity index (χ4v) is 2.03. The molecule has 0 saturated carbocycles. The Morgan fingerprint density at radius 1 is 1.42 bits per heavy atom. The van der Waals surface area contributed by atoms with Crippen molar-refractivity contribution >= 4 is 41.3 Å². The van der Waals surface area contributed by atoms with Gasteiger partial charge in [0.2, 0.25) is 0 Å². The van der Waals surface area contributed by atoms with Crippen molar-refractivity contribution in [2.24, 2.45) is 10.9 Å². The van der Waals surface area contributed by atoms with Crippen molar-refractivity contribution in [2.75, 3.05) is 6.54 Å². The summed E-state index contributed by atoms with van der Waals surface area (Å²) >= 11 is 1.66. The van der Waals surface area contributed by atoms with Gasteiger partial charge in [0, 0.05) is 17.5 Å². The van der Waals surface area contributed by atoms with Crippen LogP contribution in [0.5, 0.6) is 0 Å². The van der Waals surface area contributed by atoms with Crippen LogP contribution in [0.25, 0.3) is 0 Å². The van der Waals surface area contributed by atoms with Crippen molar-refractivity contribution in [3.05, 3.63) is 16.1 Å². The topological polar surface area (TPSA) is 49.3 Å². The molecule has 0 saturated heterocycles. The summed E-state index contributed by atoms with van der Waals surface area (Å²) in [5.74, 6) is 1.46. The van der Waals surface area contributed by atoms with E-state index in [-0.39, 0.29) is 24.0 Å². The van der Waals surface area contributed by atoms with Gasteiger partial charge in [0.05, 0.1) is 17.7 Å². The zero-order valence-electron chi connectivity index (χ0n) is 12.4. The Morgan fingerprint density at radius 3 is 2.58 bits per heavy atom. The third-order valence-corrected chi connectivity index (χ3v) is 3.85. The van der Waals surface area contributed by atoms with Crippen LogP contribution >= 0.6 is 35.3 Å². The minimum Gasteiger partial charge on any atom is -0.357 e. The smallest absolute Gasteiger partial charge is 0.191 e. The Labute approximate surface area is 137 Å². The number of aliphatic imine (C=N–C) groups is 1. The molecular formula is C13H25IN4S. The second kappa shape index (κ2) is 9.52. The van der Waals surface area contributed by atoms with Gasteiger partial charge in [-0.2, -0.15) is 0 Å². The van der Waals surface area contributed by atoms with Gasteiger partial charge < -0.3 is 10.6 Å². The standard InChI is InChI=1S/C13H24N4S.HI/c1-6-14-13(17-10(4)9(2)3)15-7-12-11(5)16-8-18-12;/h8-10H,6-7H2,1-5H3,(H2,14,15,17);1H. The van der Waals surface area contributed by atoms with E-state index >= 15 is 0 Å². The summed E-state index contributed by atoms with van der Waals surface area (Å²) < 4.78 is 0. The van der Waals surface area contributed by atoms with Gasteiger partial charge in [-0.1, -0.05) is 13.8 Å². The van der Waals surface area contributed by atoms with Crippen molar-refractivity contribution in [2.45, 2.75) is 47.2 Å². The number of hydrogen-bond acceptors (Lipinski definition) is 3. The van der Waals surface area contributed by atoms with Crippen LogP contribution in [0.2, 0.25) is 0 Å². The summed E-state index contributed by atoms with van der Waals surface area (Å²) in [5, 5.41) is 6.70. The molecule has 1 rings (SSSR count). The van der Waals surface area contributed by atoms with Gasteiger partial charge in [-0.05, 0) is 26.7 Å². The molecule has 0 aliphatic carbocycles. The molecule has 0 radical (unpaired) electrons. The summed E-state index contributed by atoms with van der Waals surface area (Å²) in [5.41, 5.74) is 2.95. The normalized spacial score (nSPS) is 13.1. The number of thiazole rings is 1. The molecule has 1 aromatic rings. The van der Waals surface area contributed by atoms with Crippen molar-refractivity contribution in [3.8, 4) is 0 Å². The van der Waals surface area contributed by atoms with E-state index in [0.29, 0.717) is 18.5 Å². The molecule has 1 atom stereocenters. The molecule has 0 spiro atoms. The molecular weight excluding hydrogens is 371 g/mol. The van der Waals surface area contributed by atoms with Crippen LogP contribution in [0.1, 0.15) is 38.3 Å². The Morgan fingerprint density at radius 2 is 2.11 bits per heavy atom. The number of rotatable bonds is 5. The highest BCUT2D eigenvalue weighted by atomic mass is 127. The first-order chi connectivity index (χ1) is 8.54. The van der Waals surface area contributed by atoms with E-state index in [2.05, 4.69) is 48.3 Å². The minimum absolute atomic E-state index is 0. The number of nitrogens with zero attached hydrogens (tertiary/aromatic N) is 2. The number of hydrogen-bond donors (Lipinski definition) is 2. The number of halogens is 1. The van der Waals surface area contributed by atoms with Crippen LogP contribution in [0.15, 0.2) is 10.5 Å². The summed E-state index contributed by atoms with van der Waals surface area (Å²) in [7, 11) is 0. The quantitative estimate of drug-likeness (QED) is 0.457. The van der Waals surface area contributed by atoms with E-state index < -0.39 is 0 Å². The first-order valence-electron chi connectivity index (χ1n) is 6.48. The highest BCUT2D eigenvalue weighted by Gasteiger charge is 2.09.